The predicted octanol–water partition coefficient (Wildman–Crippen LogP) is 1.99. The highest BCUT2D eigenvalue weighted by atomic mass is 16.5. The van der Waals surface area contributed by atoms with Gasteiger partial charge in [0, 0.05) is 5.56 Å². The van der Waals surface area contributed by atoms with Crippen LogP contribution >= 0.6 is 0 Å². The van der Waals surface area contributed by atoms with Crippen molar-refractivity contribution in [2.24, 2.45) is 0 Å². The fourth-order valence-electron chi connectivity index (χ4n) is 3.24. The molecule has 0 unspecified atom stereocenters. The normalized spacial score (nSPS) is 16.7. The van der Waals surface area contributed by atoms with Gasteiger partial charge >= 0.3 is 6.03 Å². The highest BCUT2D eigenvalue weighted by molar-refractivity contribution is 6.09. The van der Waals surface area contributed by atoms with Gasteiger partial charge in [-0.15, -0.1) is 0 Å². The SMILES string of the molecule is CCC1(CC)NC(=O)N(CC(=O)N[C@H](C)c2cc(OC)ccc2OC)C1=O. The van der Waals surface area contributed by atoms with Gasteiger partial charge in [-0.05, 0) is 38.0 Å². The molecule has 8 nitrogen and oxygen atoms in total. The average molecular weight is 377 g/mol. The van der Waals surface area contributed by atoms with Crippen molar-refractivity contribution in [3.05, 3.63) is 23.8 Å². The zero-order chi connectivity index (χ0) is 20.2. The van der Waals surface area contributed by atoms with Gasteiger partial charge in [0.1, 0.15) is 23.6 Å². The predicted molar refractivity (Wildman–Crippen MR) is 99.7 cm³/mol. The van der Waals surface area contributed by atoms with Crippen molar-refractivity contribution < 1.29 is 23.9 Å². The molecule has 1 saturated heterocycles. The maximum Gasteiger partial charge on any atom is 0.325 e. The van der Waals surface area contributed by atoms with Crippen molar-refractivity contribution in [1.82, 2.24) is 15.5 Å². The Balaban J connectivity index is 2.10. The minimum absolute atomic E-state index is 0.330. The maximum atomic E-state index is 12.6. The van der Waals surface area contributed by atoms with E-state index in [2.05, 4.69) is 10.6 Å². The molecule has 27 heavy (non-hydrogen) atoms. The number of methoxy groups -OCH3 is 2. The number of hydrogen-bond acceptors (Lipinski definition) is 5. The third-order valence-corrected chi connectivity index (χ3v) is 5.04. The smallest absolute Gasteiger partial charge is 0.325 e. The summed E-state index contributed by atoms with van der Waals surface area (Å²) in [5, 5.41) is 5.52. The first-order valence-electron chi connectivity index (χ1n) is 8.97. The molecule has 1 aliphatic heterocycles. The number of carbonyl (C=O) groups excluding carboxylic acids is 3. The number of ether oxygens (including phenoxy) is 2. The van der Waals surface area contributed by atoms with E-state index in [9.17, 15) is 14.4 Å². The van der Waals surface area contributed by atoms with Crippen LogP contribution in [0.1, 0.15) is 45.2 Å². The molecule has 0 aromatic heterocycles. The first kappa shape index (κ1) is 20.5. The largest absolute Gasteiger partial charge is 0.497 e. The number of carbonyl (C=O) groups is 3. The molecule has 1 heterocycles. The molecule has 0 spiro atoms. The first-order valence-corrected chi connectivity index (χ1v) is 8.97. The van der Waals surface area contributed by atoms with Crippen molar-refractivity contribution in [1.29, 1.82) is 0 Å². The Labute approximate surface area is 159 Å². The van der Waals surface area contributed by atoms with Crippen molar-refractivity contribution >= 4 is 17.8 Å². The highest BCUT2D eigenvalue weighted by Gasteiger charge is 2.49. The Kier molecular flexibility index (Phi) is 6.30. The monoisotopic (exact) mass is 377 g/mol. The number of urea groups is 1. The Morgan fingerprint density at radius 2 is 1.89 bits per heavy atom. The topological polar surface area (TPSA) is 97.0 Å². The molecule has 2 rings (SSSR count). The Bertz CT molecular complexity index is 730. The molecule has 2 N–H and O–H groups in total. The number of nitrogens with zero attached hydrogens (tertiary/aromatic N) is 1. The van der Waals surface area contributed by atoms with E-state index in [0.29, 0.717) is 24.3 Å². The van der Waals surface area contributed by atoms with Gasteiger partial charge in [-0.25, -0.2) is 4.79 Å². The summed E-state index contributed by atoms with van der Waals surface area (Å²) in [5.74, 6) is 0.449. The van der Waals surface area contributed by atoms with E-state index in [1.165, 1.54) is 0 Å². The summed E-state index contributed by atoms with van der Waals surface area (Å²) in [6, 6.07) is 4.36. The Morgan fingerprint density at radius 3 is 2.41 bits per heavy atom. The summed E-state index contributed by atoms with van der Waals surface area (Å²) < 4.78 is 10.6. The molecule has 1 aromatic rings. The van der Waals surface area contributed by atoms with E-state index in [4.69, 9.17) is 9.47 Å². The van der Waals surface area contributed by atoms with Crippen LogP contribution in [-0.2, 0) is 9.59 Å². The molecule has 0 radical (unpaired) electrons. The quantitative estimate of drug-likeness (QED) is 0.676. The van der Waals surface area contributed by atoms with Gasteiger partial charge in [0.05, 0.1) is 20.3 Å². The standard InChI is InChI=1S/C19H27N3O5/c1-6-19(7-2)17(24)22(18(25)21-19)11-16(23)20-12(3)14-10-13(26-4)8-9-15(14)27-5/h8-10,12H,6-7,11H2,1-5H3,(H,20,23)(H,21,25)/t12-/m1/s1. The van der Waals surface area contributed by atoms with Gasteiger partial charge in [0.25, 0.3) is 5.91 Å². The lowest BCUT2D eigenvalue weighted by molar-refractivity contribution is -0.135. The molecule has 148 valence electrons. The van der Waals surface area contributed by atoms with Crippen molar-refractivity contribution in [2.75, 3.05) is 20.8 Å². The van der Waals surface area contributed by atoms with Gasteiger partial charge in [-0.3, -0.25) is 14.5 Å². The molecule has 1 atom stereocenters. The zero-order valence-electron chi connectivity index (χ0n) is 16.4. The van der Waals surface area contributed by atoms with E-state index in [1.54, 1.807) is 39.3 Å². The summed E-state index contributed by atoms with van der Waals surface area (Å²) in [6.07, 6.45) is 0.952. The summed E-state index contributed by atoms with van der Waals surface area (Å²) in [4.78, 5) is 38.2. The summed E-state index contributed by atoms with van der Waals surface area (Å²) in [6.45, 7) is 5.14. The van der Waals surface area contributed by atoms with Gasteiger partial charge in [-0.2, -0.15) is 0 Å². The number of imide groups is 1. The van der Waals surface area contributed by atoms with Gasteiger partial charge in [-0.1, -0.05) is 13.8 Å². The molecule has 0 saturated carbocycles. The molecule has 1 aromatic carbocycles. The Morgan fingerprint density at radius 1 is 1.22 bits per heavy atom. The number of hydrogen-bond donors (Lipinski definition) is 2. The zero-order valence-corrected chi connectivity index (χ0v) is 16.4. The van der Waals surface area contributed by atoms with Gasteiger partial charge in [0.15, 0.2) is 0 Å². The fraction of sp³-hybridized carbons (Fsp3) is 0.526. The van der Waals surface area contributed by atoms with Crippen LogP contribution in [0.3, 0.4) is 0 Å². The van der Waals surface area contributed by atoms with Crippen LogP contribution in [0, 0.1) is 0 Å². The van der Waals surface area contributed by atoms with Crippen molar-refractivity contribution in [2.45, 2.75) is 45.2 Å². The van der Waals surface area contributed by atoms with Crippen LogP contribution in [-0.4, -0.2) is 49.0 Å². The second-order valence-electron chi connectivity index (χ2n) is 6.51. The van der Waals surface area contributed by atoms with Crippen LogP contribution < -0.4 is 20.1 Å². The van der Waals surface area contributed by atoms with E-state index in [1.807, 2.05) is 13.8 Å². The summed E-state index contributed by atoms with van der Waals surface area (Å²) in [5.41, 5.74) is -0.183. The fourth-order valence-corrected chi connectivity index (χ4v) is 3.24. The molecular formula is C19H27N3O5. The number of amides is 4. The third kappa shape index (κ3) is 3.99. The third-order valence-electron chi connectivity index (χ3n) is 5.04. The lowest BCUT2D eigenvalue weighted by Crippen LogP contribution is -2.46. The van der Waals surface area contributed by atoms with Gasteiger partial charge in [0.2, 0.25) is 5.91 Å². The highest BCUT2D eigenvalue weighted by Crippen LogP contribution is 2.29. The van der Waals surface area contributed by atoms with Crippen LogP contribution in [0.25, 0.3) is 0 Å². The lowest BCUT2D eigenvalue weighted by atomic mass is 9.93. The van der Waals surface area contributed by atoms with Crippen LogP contribution in [0.5, 0.6) is 11.5 Å². The number of benzene rings is 1. The Hall–Kier alpha value is -2.77. The second-order valence-corrected chi connectivity index (χ2v) is 6.51. The maximum absolute atomic E-state index is 12.6. The summed E-state index contributed by atoms with van der Waals surface area (Å²) >= 11 is 0. The van der Waals surface area contributed by atoms with E-state index in [0.717, 1.165) is 10.5 Å². The first-order chi connectivity index (χ1) is 12.8. The van der Waals surface area contributed by atoms with E-state index < -0.39 is 23.5 Å². The summed E-state index contributed by atoms with van der Waals surface area (Å²) in [7, 11) is 3.10. The number of nitrogens with one attached hydrogen (secondary N) is 2. The van der Waals surface area contributed by atoms with Gasteiger partial charge < -0.3 is 20.1 Å². The van der Waals surface area contributed by atoms with Crippen LogP contribution in [0.4, 0.5) is 4.79 Å². The van der Waals surface area contributed by atoms with Crippen molar-refractivity contribution in [3.8, 4) is 11.5 Å². The van der Waals surface area contributed by atoms with Crippen molar-refractivity contribution in [3.63, 3.8) is 0 Å². The number of rotatable bonds is 8. The van der Waals surface area contributed by atoms with E-state index in [-0.39, 0.29) is 12.5 Å². The molecule has 4 amide bonds. The van der Waals surface area contributed by atoms with E-state index >= 15 is 0 Å². The van der Waals surface area contributed by atoms with Crippen LogP contribution in [0.15, 0.2) is 18.2 Å². The lowest BCUT2D eigenvalue weighted by Gasteiger charge is -2.23. The average Bonchev–Trinajstić information content (AvgIpc) is 2.91. The minimum atomic E-state index is -0.918. The molecule has 0 aliphatic carbocycles. The minimum Gasteiger partial charge on any atom is -0.497 e. The molecule has 8 heteroatoms. The van der Waals surface area contributed by atoms with Crippen LogP contribution in [0.2, 0.25) is 0 Å². The molecular weight excluding hydrogens is 350 g/mol. The molecule has 1 fully saturated rings. The molecule has 0 bridgehead atoms. The molecule has 1 aliphatic rings. The second kappa shape index (κ2) is 8.28.